The van der Waals surface area contributed by atoms with Gasteiger partial charge < -0.3 is 4.74 Å². The Balaban J connectivity index is 2.93. The first-order valence-corrected chi connectivity index (χ1v) is 4.81. The molecule has 88 valence electrons. The highest BCUT2D eigenvalue weighted by Crippen LogP contribution is 2.19. The number of hydrogen-bond acceptors (Lipinski definition) is 2. The summed E-state index contributed by atoms with van der Waals surface area (Å²) in [4.78, 5) is 11.4. The van der Waals surface area contributed by atoms with E-state index < -0.39 is 12.4 Å². The molecule has 1 rings (SSSR count). The Hall–Kier alpha value is -1.52. The van der Waals surface area contributed by atoms with E-state index in [0.29, 0.717) is 6.42 Å². The summed E-state index contributed by atoms with van der Waals surface area (Å²) in [5.74, 6) is -1.40. The van der Waals surface area contributed by atoms with Gasteiger partial charge >= 0.3 is 6.61 Å². The molecule has 0 unspecified atom stereocenters. The van der Waals surface area contributed by atoms with Gasteiger partial charge in [0.15, 0.2) is 5.78 Å². The number of ketones is 1. The Kier molecular flexibility index (Phi) is 4.34. The lowest BCUT2D eigenvalue weighted by Gasteiger charge is -2.06. The maximum atomic E-state index is 13.0. The number of benzene rings is 1. The molecule has 1 aromatic rings. The predicted octanol–water partition coefficient (Wildman–Crippen LogP) is 3.41. The minimum Gasteiger partial charge on any atom is -0.435 e. The third-order valence-electron chi connectivity index (χ3n) is 1.90. The van der Waals surface area contributed by atoms with Crippen molar-refractivity contribution in [3.63, 3.8) is 0 Å². The van der Waals surface area contributed by atoms with Gasteiger partial charge in [0.2, 0.25) is 0 Å². The number of rotatable bonds is 5. The third-order valence-corrected chi connectivity index (χ3v) is 1.90. The van der Waals surface area contributed by atoms with Crippen LogP contribution in [0.4, 0.5) is 13.2 Å². The first-order valence-electron chi connectivity index (χ1n) is 4.81. The molecular formula is C11H11F3O2. The van der Waals surface area contributed by atoms with Crippen LogP contribution in [0.15, 0.2) is 18.2 Å². The largest absolute Gasteiger partial charge is 0.435 e. The molecule has 2 nitrogen and oxygen atoms in total. The Bertz CT molecular complexity index is 377. The molecule has 0 fully saturated rings. The van der Waals surface area contributed by atoms with Crippen molar-refractivity contribution in [1.82, 2.24) is 0 Å². The number of ether oxygens (including phenoxy) is 1. The van der Waals surface area contributed by atoms with Gasteiger partial charge in [-0.15, -0.1) is 0 Å². The van der Waals surface area contributed by atoms with Crippen molar-refractivity contribution in [3.05, 3.63) is 29.6 Å². The van der Waals surface area contributed by atoms with E-state index >= 15 is 0 Å². The minimum atomic E-state index is -3.03. The lowest BCUT2D eigenvalue weighted by atomic mass is 10.1. The lowest BCUT2D eigenvalue weighted by Crippen LogP contribution is -2.05. The second-order valence-corrected chi connectivity index (χ2v) is 3.23. The summed E-state index contributed by atoms with van der Waals surface area (Å²) in [6, 6.07) is 2.94. The minimum absolute atomic E-state index is 0.0532. The number of hydrogen-bond donors (Lipinski definition) is 0. The molecule has 0 amide bonds. The zero-order chi connectivity index (χ0) is 12.1. The highest BCUT2D eigenvalue weighted by Gasteiger charge is 2.11. The number of carbonyl (C=O) groups excluding carboxylic acids is 1. The fraction of sp³-hybridized carbons (Fsp3) is 0.364. The van der Waals surface area contributed by atoms with Gasteiger partial charge in [-0.1, -0.05) is 6.92 Å². The smallest absolute Gasteiger partial charge is 0.387 e. The zero-order valence-electron chi connectivity index (χ0n) is 8.67. The Morgan fingerprint density at radius 1 is 1.38 bits per heavy atom. The molecule has 0 atom stereocenters. The van der Waals surface area contributed by atoms with Crippen LogP contribution in [0.2, 0.25) is 0 Å². The molecule has 0 spiro atoms. The van der Waals surface area contributed by atoms with Gasteiger partial charge in [0.05, 0.1) is 0 Å². The van der Waals surface area contributed by atoms with Gasteiger partial charge in [-0.3, -0.25) is 4.79 Å². The second kappa shape index (κ2) is 5.53. The van der Waals surface area contributed by atoms with Crippen molar-refractivity contribution in [2.24, 2.45) is 0 Å². The van der Waals surface area contributed by atoms with E-state index in [9.17, 15) is 18.0 Å². The van der Waals surface area contributed by atoms with E-state index in [2.05, 4.69) is 4.74 Å². The molecular weight excluding hydrogens is 221 g/mol. The van der Waals surface area contributed by atoms with E-state index in [4.69, 9.17) is 0 Å². The molecule has 1 aromatic carbocycles. The molecule has 0 saturated carbocycles. The molecule has 0 aliphatic rings. The number of alkyl halides is 2. The maximum absolute atomic E-state index is 13.0. The summed E-state index contributed by atoms with van der Waals surface area (Å²) in [5.41, 5.74) is 0.0532. The normalized spacial score (nSPS) is 10.6. The van der Waals surface area contributed by atoms with Crippen molar-refractivity contribution in [3.8, 4) is 5.75 Å². The number of Topliss-reactive ketones (excluding diaryl/α,β-unsaturated/α-hetero) is 1. The molecule has 0 radical (unpaired) electrons. The van der Waals surface area contributed by atoms with Crippen LogP contribution in [0.5, 0.6) is 5.75 Å². The Morgan fingerprint density at radius 3 is 2.62 bits per heavy atom. The van der Waals surface area contributed by atoms with Crippen LogP contribution in [0, 0.1) is 5.82 Å². The third kappa shape index (κ3) is 3.56. The summed E-state index contributed by atoms with van der Waals surface area (Å²) in [6.07, 6.45) is 0.859. The summed E-state index contributed by atoms with van der Waals surface area (Å²) < 4.78 is 40.8. The summed E-state index contributed by atoms with van der Waals surface area (Å²) in [7, 11) is 0. The van der Waals surface area contributed by atoms with Gasteiger partial charge in [0, 0.05) is 18.1 Å². The van der Waals surface area contributed by atoms with Crippen LogP contribution in [-0.4, -0.2) is 12.4 Å². The summed E-state index contributed by atoms with van der Waals surface area (Å²) in [5, 5.41) is 0. The molecule has 5 heteroatoms. The average Bonchev–Trinajstić information content (AvgIpc) is 2.15. The predicted molar refractivity (Wildman–Crippen MR) is 52.3 cm³/mol. The van der Waals surface area contributed by atoms with Crippen molar-refractivity contribution < 1.29 is 22.7 Å². The first-order chi connectivity index (χ1) is 7.52. The molecule has 0 aromatic heterocycles. The van der Waals surface area contributed by atoms with Crippen molar-refractivity contribution >= 4 is 5.78 Å². The topological polar surface area (TPSA) is 26.3 Å². The molecule has 0 saturated heterocycles. The highest BCUT2D eigenvalue weighted by molar-refractivity contribution is 5.96. The Morgan fingerprint density at radius 2 is 2.06 bits per heavy atom. The van der Waals surface area contributed by atoms with Crippen LogP contribution in [0.25, 0.3) is 0 Å². The van der Waals surface area contributed by atoms with Gasteiger partial charge in [-0.2, -0.15) is 8.78 Å². The zero-order valence-corrected chi connectivity index (χ0v) is 8.67. The molecule has 0 bridgehead atoms. The SMILES string of the molecule is CCCC(=O)c1cc(F)cc(OC(F)F)c1. The highest BCUT2D eigenvalue weighted by atomic mass is 19.3. The van der Waals surface area contributed by atoms with E-state index in [1.165, 1.54) is 0 Å². The van der Waals surface area contributed by atoms with Crippen LogP contribution in [0.3, 0.4) is 0 Å². The van der Waals surface area contributed by atoms with Crippen LogP contribution < -0.4 is 4.74 Å². The van der Waals surface area contributed by atoms with Gasteiger partial charge in [0.25, 0.3) is 0 Å². The van der Waals surface area contributed by atoms with Gasteiger partial charge in [0.1, 0.15) is 11.6 Å². The number of halogens is 3. The molecule has 0 aliphatic heterocycles. The second-order valence-electron chi connectivity index (χ2n) is 3.23. The number of carbonyl (C=O) groups is 1. The van der Waals surface area contributed by atoms with E-state index in [0.717, 1.165) is 18.2 Å². The molecule has 16 heavy (non-hydrogen) atoms. The van der Waals surface area contributed by atoms with Crippen molar-refractivity contribution in [1.29, 1.82) is 0 Å². The van der Waals surface area contributed by atoms with Gasteiger partial charge in [-0.25, -0.2) is 4.39 Å². The first kappa shape index (κ1) is 12.5. The average molecular weight is 232 g/mol. The Labute approximate surface area is 91.0 Å². The van der Waals surface area contributed by atoms with Crippen LogP contribution in [-0.2, 0) is 0 Å². The maximum Gasteiger partial charge on any atom is 0.387 e. The van der Waals surface area contributed by atoms with E-state index in [1.54, 1.807) is 6.92 Å². The van der Waals surface area contributed by atoms with Crippen molar-refractivity contribution in [2.45, 2.75) is 26.4 Å². The van der Waals surface area contributed by atoms with E-state index in [-0.39, 0.29) is 23.5 Å². The fourth-order valence-electron chi connectivity index (χ4n) is 1.27. The van der Waals surface area contributed by atoms with Crippen molar-refractivity contribution in [2.75, 3.05) is 0 Å². The lowest BCUT2D eigenvalue weighted by molar-refractivity contribution is -0.0500. The standard InChI is InChI=1S/C11H11F3O2/c1-2-3-10(15)7-4-8(12)6-9(5-7)16-11(13)14/h4-6,11H,2-3H2,1H3. The molecule has 0 heterocycles. The quantitative estimate of drug-likeness (QED) is 0.727. The molecule has 0 N–H and O–H groups in total. The monoisotopic (exact) mass is 232 g/mol. The van der Waals surface area contributed by atoms with Crippen LogP contribution >= 0.6 is 0 Å². The van der Waals surface area contributed by atoms with Crippen LogP contribution in [0.1, 0.15) is 30.1 Å². The fourth-order valence-corrected chi connectivity index (χ4v) is 1.27. The van der Waals surface area contributed by atoms with Gasteiger partial charge in [-0.05, 0) is 18.6 Å². The summed E-state index contributed by atoms with van der Waals surface area (Å²) >= 11 is 0. The summed E-state index contributed by atoms with van der Waals surface area (Å²) in [6.45, 7) is -1.23. The molecule has 0 aliphatic carbocycles. The van der Waals surface area contributed by atoms with E-state index in [1.807, 2.05) is 0 Å².